The minimum atomic E-state index is -0.162. The fraction of sp³-hybridized carbons (Fsp3) is 0.125. The van der Waals surface area contributed by atoms with Gasteiger partial charge in [0.2, 0.25) is 5.95 Å². The van der Waals surface area contributed by atoms with Gasteiger partial charge in [-0.2, -0.15) is 0 Å². The lowest BCUT2D eigenvalue weighted by Gasteiger charge is -2.07. The van der Waals surface area contributed by atoms with E-state index in [0.29, 0.717) is 23.6 Å². The highest BCUT2D eigenvalue weighted by Gasteiger charge is 2.15. The van der Waals surface area contributed by atoms with Crippen LogP contribution >= 0.6 is 0 Å². The number of nitrogens with zero attached hydrogens (tertiary/aromatic N) is 2. The largest absolute Gasteiger partial charge is 0.369 e. The van der Waals surface area contributed by atoms with E-state index < -0.39 is 0 Å². The van der Waals surface area contributed by atoms with Crippen LogP contribution in [0.15, 0.2) is 48.5 Å². The number of para-hydroxylation sites is 1. The lowest BCUT2D eigenvalue weighted by Crippen LogP contribution is -2.18. The van der Waals surface area contributed by atoms with E-state index in [0.717, 1.165) is 11.1 Å². The number of carbonyl (C=O) groups excluding carboxylic acids is 1. The Labute approximate surface area is 122 Å². The molecule has 0 fully saturated rings. The first-order chi connectivity index (χ1) is 10.2. The number of benzene rings is 2. The smallest absolute Gasteiger partial charge is 0.253 e. The molecule has 0 aliphatic heterocycles. The first-order valence-corrected chi connectivity index (χ1v) is 6.71. The van der Waals surface area contributed by atoms with E-state index in [4.69, 9.17) is 5.73 Å². The summed E-state index contributed by atoms with van der Waals surface area (Å²) >= 11 is 0. The number of nitrogen functional groups attached to an aromatic ring is 1. The molecule has 1 aromatic heterocycles. The molecule has 5 nitrogen and oxygen atoms in total. The van der Waals surface area contributed by atoms with Gasteiger partial charge in [0.15, 0.2) is 0 Å². The Kier molecular flexibility index (Phi) is 3.31. The van der Waals surface area contributed by atoms with Crippen LogP contribution in [-0.2, 0) is 6.54 Å². The third kappa shape index (κ3) is 2.33. The minimum absolute atomic E-state index is 0.162. The summed E-state index contributed by atoms with van der Waals surface area (Å²) in [6.07, 6.45) is 0. The van der Waals surface area contributed by atoms with Crippen molar-refractivity contribution >= 4 is 22.9 Å². The van der Waals surface area contributed by atoms with E-state index in [1.807, 2.05) is 47.0 Å². The van der Waals surface area contributed by atoms with E-state index in [2.05, 4.69) is 10.3 Å². The average molecular weight is 280 g/mol. The summed E-state index contributed by atoms with van der Waals surface area (Å²) in [5, 5.41) is 2.62. The number of fused-ring (bicyclic) bond motifs is 1. The van der Waals surface area contributed by atoms with Gasteiger partial charge in [0, 0.05) is 7.05 Å². The molecule has 3 rings (SSSR count). The third-order valence-electron chi connectivity index (χ3n) is 3.46. The topological polar surface area (TPSA) is 72.9 Å². The summed E-state index contributed by atoms with van der Waals surface area (Å²) < 4.78 is 1.91. The summed E-state index contributed by atoms with van der Waals surface area (Å²) in [4.78, 5) is 16.3. The van der Waals surface area contributed by atoms with Crippen LogP contribution in [-0.4, -0.2) is 22.5 Å². The van der Waals surface area contributed by atoms with Crippen LogP contribution in [0, 0.1) is 0 Å². The van der Waals surface area contributed by atoms with E-state index in [1.54, 1.807) is 13.1 Å². The Balaban J connectivity index is 2.12. The second-order valence-corrected chi connectivity index (χ2v) is 4.79. The second kappa shape index (κ2) is 5.28. The molecule has 3 N–H and O–H groups in total. The van der Waals surface area contributed by atoms with Crippen LogP contribution in [0.5, 0.6) is 0 Å². The summed E-state index contributed by atoms with van der Waals surface area (Å²) in [6, 6.07) is 15.5. The Morgan fingerprint density at radius 2 is 1.95 bits per heavy atom. The molecule has 0 spiro atoms. The highest BCUT2D eigenvalue weighted by Crippen LogP contribution is 2.22. The van der Waals surface area contributed by atoms with Crippen LogP contribution in [0.4, 0.5) is 5.95 Å². The van der Waals surface area contributed by atoms with E-state index >= 15 is 0 Å². The minimum Gasteiger partial charge on any atom is -0.369 e. The fourth-order valence-electron chi connectivity index (χ4n) is 2.42. The van der Waals surface area contributed by atoms with Gasteiger partial charge in [0.05, 0.1) is 17.6 Å². The van der Waals surface area contributed by atoms with Gasteiger partial charge in [-0.25, -0.2) is 4.98 Å². The zero-order valence-electron chi connectivity index (χ0n) is 11.7. The first kappa shape index (κ1) is 13.2. The summed E-state index contributed by atoms with van der Waals surface area (Å²) in [5.74, 6) is 0.246. The van der Waals surface area contributed by atoms with Gasteiger partial charge in [-0.05, 0) is 17.7 Å². The number of nitrogens with two attached hydrogens (primary N) is 1. The molecule has 0 unspecified atom stereocenters. The highest BCUT2D eigenvalue weighted by atomic mass is 16.1. The molecule has 106 valence electrons. The molecular weight excluding hydrogens is 264 g/mol. The van der Waals surface area contributed by atoms with Crippen molar-refractivity contribution in [2.24, 2.45) is 0 Å². The van der Waals surface area contributed by atoms with Crippen molar-refractivity contribution < 1.29 is 4.79 Å². The Hall–Kier alpha value is -2.82. The SMILES string of the molecule is CNC(=O)c1cccc2c1nc(N)n2Cc1ccccc1. The maximum Gasteiger partial charge on any atom is 0.253 e. The molecule has 1 heterocycles. The molecular formula is C16H16N4O. The highest BCUT2D eigenvalue weighted by molar-refractivity contribution is 6.05. The zero-order chi connectivity index (χ0) is 14.8. The molecule has 0 radical (unpaired) electrons. The average Bonchev–Trinajstić information content (AvgIpc) is 2.83. The molecule has 0 bridgehead atoms. The lowest BCUT2D eigenvalue weighted by molar-refractivity contribution is 0.0964. The number of hydrogen-bond acceptors (Lipinski definition) is 3. The van der Waals surface area contributed by atoms with Crippen LogP contribution in [0.2, 0.25) is 0 Å². The number of amides is 1. The Morgan fingerprint density at radius 3 is 2.67 bits per heavy atom. The molecule has 5 heteroatoms. The number of nitrogens with one attached hydrogen (secondary N) is 1. The molecule has 3 aromatic rings. The first-order valence-electron chi connectivity index (χ1n) is 6.71. The van der Waals surface area contributed by atoms with Crippen molar-refractivity contribution in [1.29, 1.82) is 0 Å². The molecule has 21 heavy (non-hydrogen) atoms. The maximum atomic E-state index is 11.9. The Bertz CT molecular complexity index is 793. The number of anilines is 1. The van der Waals surface area contributed by atoms with Gasteiger partial charge < -0.3 is 15.6 Å². The molecule has 0 aliphatic rings. The number of rotatable bonds is 3. The van der Waals surface area contributed by atoms with Crippen LogP contribution < -0.4 is 11.1 Å². The van der Waals surface area contributed by atoms with Gasteiger partial charge in [0.25, 0.3) is 5.91 Å². The van der Waals surface area contributed by atoms with E-state index in [-0.39, 0.29) is 5.91 Å². The van der Waals surface area contributed by atoms with Crippen molar-refractivity contribution in [2.75, 3.05) is 12.8 Å². The maximum absolute atomic E-state index is 11.9. The molecule has 0 aliphatic carbocycles. The van der Waals surface area contributed by atoms with E-state index in [9.17, 15) is 4.79 Å². The van der Waals surface area contributed by atoms with Crippen molar-refractivity contribution in [3.63, 3.8) is 0 Å². The summed E-state index contributed by atoms with van der Waals surface area (Å²) in [7, 11) is 1.60. The third-order valence-corrected chi connectivity index (χ3v) is 3.46. The number of hydrogen-bond donors (Lipinski definition) is 2. The number of imidazole rings is 1. The molecule has 1 amide bonds. The molecule has 0 atom stereocenters. The van der Waals surface area contributed by atoms with Crippen molar-refractivity contribution in [3.8, 4) is 0 Å². The predicted octanol–water partition coefficient (Wildman–Crippen LogP) is 2.03. The molecule has 2 aromatic carbocycles. The normalized spacial score (nSPS) is 10.7. The van der Waals surface area contributed by atoms with Gasteiger partial charge >= 0.3 is 0 Å². The predicted molar refractivity (Wildman–Crippen MR) is 83.1 cm³/mol. The molecule has 0 saturated carbocycles. The number of aromatic nitrogens is 2. The summed E-state index contributed by atoms with van der Waals surface area (Å²) in [6.45, 7) is 0.625. The monoisotopic (exact) mass is 280 g/mol. The van der Waals surface area contributed by atoms with Crippen molar-refractivity contribution in [3.05, 3.63) is 59.7 Å². The van der Waals surface area contributed by atoms with Gasteiger partial charge in [-0.15, -0.1) is 0 Å². The summed E-state index contributed by atoms with van der Waals surface area (Å²) in [5.41, 5.74) is 9.19. The van der Waals surface area contributed by atoms with Crippen molar-refractivity contribution in [1.82, 2.24) is 14.9 Å². The lowest BCUT2D eigenvalue weighted by atomic mass is 10.1. The van der Waals surface area contributed by atoms with Gasteiger partial charge in [-0.3, -0.25) is 4.79 Å². The van der Waals surface area contributed by atoms with Crippen LogP contribution in [0.25, 0.3) is 11.0 Å². The standard InChI is InChI=1S/C16H16N4O/c1-18-15(21)12-8-5-9-13-14(12)19-16(17)20(13)10-11-6-3-2-4-7-11/h2-9H,10H2,1H3,(H2,17,19)(H,18,21). The quantitative estimate of drug-likeness (QED) is 0.771. The van der Waals surface area contributed by atoms with Gasteiger partial charge in [0.1, 0.15) is 5.52 Å². The van der Waals surface area contributed by atoms with Gasteiger partial charge in [-0.1, -0.05) is 36.4 Å². The second-order valence-electron chi connectivity index (χ2n) is 4.79. The number of carbonyl (C=O) groups is 1. The van der Waals surface area contributed by atoms with Crippen LogP contribution in [0.3, 0.4) is 0 Å². The zero-order valence-corrected chi connectivity index (χ0v) is 11.7. The van der Waals surface area contributed by atoms with Crippen LogP contribution in [0.1, 0.15) is 15.9 Å². The van der Waals surface area contributed by atoms with E-state index in [1.165, 1.54) is 0 Å². The molecule has 0 saturated heterocycles. The fourth-order valence-corrected chi connectivity index (χ4v) is 2.42. The van der Waals surface area contributed by atoms with Crippen molar-refractivity contribution in [2.45, 2.75) is 6.54 Å². The Morgan fingerprint density at radius 1 is 1.19 bits per heavy atom.